The summed E-state index contributed by atoms with van der Waals surface area (Å²) in [5.41, 5.74) is 2.23. The molecule has 0 aliphatic carbocycles. The molecule has 18 heavy (non-hydrogen) atoms. The number of aromatic nitrogens is 1. The van der Waals surface area contributed by atoms with Crippen LogP contribution in [0.5, 0.6) is 11.5 Å². The zero-order valence-electron chi connectivity index (χ0n) is 9.96. The van der Waals surface area contributed by atoms with Crippen molar-refractivity contribution in [2.75, 3.05) is 6.61 Å². The number of para-hydroxylation sites is 1. The van der Waals surface area contributed by atoms with Gasteiger partial charge in [0.1, 0.15) is 6.61 Å². The summed E-state index contributed by atoms with van der Waals surface area (Å²) in [6, 6.07) is 5.27. The first-order valence-electron chi connectivity index (χ1n) is 5.56. The minimum absolute atomic E-state index is 0.385. The van der Waals surface area contributed by atoms with E-state index in [-0.39, 0.29) is 0 Å². The van der Waals surface area contributed by atoms with Gasteiger partial charge >= 0.3 is 0 Å². The van der Waals surface area contributed by atoms with Gasteiger partial charge < -0.3 is 9.47 Å². The van der Waals surface area contributed by atoms with Crippen LogP contribution in [0.15, 0.2) is 29.9 Å². The molecule has 1 aromatic carbocycles. The van der Waals surface area contributed by atoms with Gasteiger partial charge in [-0.1, -0.05) is 6.07 Å². The van der Waals surface area contributed by atoms with Crippen molar-refractivity contribution in [1.29, 1.82) is 0 Å². The second-order valence-corrected chi connectivity index (χ2v) is 4.45. The number of nitrogens with zero attached hydrogens (tertiary/aromatic N) is 1. The van der Waals surface area contributed by atoms with Gasteiger partial charge in [0.2, 0.25) is 0 Å². The van der Waals surface area contributed by atoms with Crippen LogP contribution in [0.1, 0.15) is 22.2 Å². The van der Waals surface area contributed by atoms with Crippen LogP contribution in [-0.4, -0.2) is 17.9 Å². The highest BCUT2D eigenvalue weighted by Gasteiger charge is 2.11. The van der Waals surface area contributed by atoms with Gasteiger partial charge in [0.15, 0.2) is 17.8 Å². The van der Waals surface area contributed by atoms with Crippen LogP contribution in [-0.2, 0) is 6.61 Å². The second kappa shape index (κ2) is 6.16. The van der Waals surface area contributed by atoms with E-state index < -0.39 is 0 Å². The summed E-state index contributed by atoms with van der Waals surface area (Å²) in [6.07, 6.45) is 2.51. The zero-order chi connectivity index (χ0) is 12.8. The molecular weight excluding hydrogens is 250 g/mol. The number of carbonyl (C=O) groups excluding carboxylic acids is 1. The van der Waals surface area contributed by atoms with E-state index in [0.29, 0.717) is 30.3 Å². The lowest BCUT2D eigenvalue weighted by atomic mass is 10.2. The van der Waals surface area contributed by atoms with Crippen LogP contribution >= 0.6 is 11.3 Å². The molecule has 1 aromatic heterocycles. The van der Waals surface area contributed by atoms with Gasteiger partial charge in [-0.05, 0) is 19.1 Å². The van der Waals surface area contributed by atoms with E-state index in [1.165, 1.54) is 11.3 Å². The average Bonchev–Trinajstić information content (AvgIpc) is 2.90. The molecule has 0 radical (unpaired) electrons. The second-order valence-electron chi connectivity index (χ2n) is 3.48. The third-order valence-corrected chi connectivity index (χ3v) is 3.03. The van der Waals surface area contributed by atoms with Crippen LogP contribution < -0.4 is 9.47 Å². The number of thiazole rings is 1. The smallest absolute Gasteiger partial charge is 0.172 e. The Balaban J connectivity index is 2.20. The SMILES string of the molecule is CCOc1cccc(C=O)c1OCc1cncs1. The molecule has 0 aliphatic rings. The van der Waals surface area contributed by atoms with Crippen molar-refractivity contribution >= 4 is 17.6 Å². The molecule has 0 fully saturated rings. The van der Waals surface area contributed by atoms with Gasteiger partial charge in [0, 0.05) is 6.20 Å². The number of hydrogen-bond donors (Lipinski definition) is 0. The summed E-state index contributed by atoms with van der Waals surface area (Å²) >= 11 is 1.51. The van der Waals surface area contributed by atoms with Crippen molar-refractivity contribution in [2.24, 2.45) is 0 Å². The third kappa shape index (κ3) is 2.87. The first-order chi connectivity index (χ1) is 8.85. The Morgan fingerprint density at radius 2 is 2.28 bits per heavy atom. The van der Waals surface area contributed by atoms with Crippen LogP contribution in [0.3, 0.4) is 0 Å². The predicted octanol–water partition coefficient (Wildman–Crippen LogP) is 2.93. The van der Waals surface area contributed by atoms with Gasteiger partial charge in [0.05, 0.1) is 22.6 Å². The first kappa shape index (κ1) is 12.6. The summed E-state index contributed by atoms with van der Waals surface area (Å²) in [5.74, 6) is 1.08. The topological polar surface area (TPSA) is 48.4 Å². The molecule has 0 N–H and O–H groups in total. The maximum absolute atomic E-state index is 11.0. The zero-order valence-corrected chi connectivity index (χ0v) is 10.8. The van der Waals surface area contributed by atoms with E-state index in [1.54, 1.807) is 29.9 Å². The molecular formula is C13H13NO3S. The molecule has 2 aromatic rings. The summed E-state index contributed by atoms with van der Waals surface area (Å²) in [6.45, 7) is 2.80. The number of hydrogen-bond acceptors (Lipinski definition) is 5. The molecule has 1 heterocycles. The quantitative estimate of drug-likeness (QED) is 0.752. The number of rotatable bonds is 6. The van der Waals surface area contributed by atoms with E-state index >= 15 is 0 Å². The highest BCUT2D eigenvalue weighted by Crippen LogP contribution is 2.31. The standard InChI is InChI=1S/C13H13NO3S/c1-2-16-12-5-3-4-10(7-15)13(12)17-8-11-6-14-9-18-11/h3-7,9H,2,8H2,1H3. The number of carbonyl (C=O) groups is 1. The molecule has 0 saturated carbocycles. The molecule has 0 amide bonds. The Kier molecular flexibility index (Phi) is 4.30. The lowest BCUT2D eigenvalue weighted by molar-refractivity contribution is 0.111. The van der Waals surface area contributed by atoms with Gasteiger partial charge in [-0.2, -0.15) is 0 Å². The molecule has 0 aliphatic heterocycles. The van der Waals surface area contributed by atoms with Crippen molar-refractivity contribution in [3.63, 3.8) is 0 Å². The lowest BCUT2D eigenvalue weighted by Gasteiger charge is -2.12. The Morgan fingerprint density at radius 3 is 2.94 bits per heavy atom. The molecule has 94 valence electrons. The van der Waals surface area contributed by atoms with E-state index in [0.717, 1.165) is 11.2 Å². The Morgan fingerprint density at radius 1 is 1.39 bits per heavy atom. The van der Waals surface area contributed by atoms with Crippen LogP contribution in [0.4, 0.5) is 0 Å². The fourth-order valence-electron chi connectivity index (χ4n) is 1.51. The molecule has 0 spiro atoms. The van der Waals surface area contributed by atoms with Crippen LogP contribution in [0, 0.1) is 0 Å². The molecule has 2 rings (SSSR count). The molecule has 0 bridgehead atoms. The monoisotopic (exact) mass is 263 g/mol. The van der Waals surface area contributed by atoms with Gasteiger partial charge in [-0.25, -0.2) is 0 Å². The normalized spacial score (nSPS) is 10.1. The van der Waals surface area contributed by atoms with Crippen molar-refractivity contribution in [3.05, 3.63) is 40.3 Å². The Labute approximate surface area is 109 Å². The Bertz CT molecular complexity index is 511. The predicted molar refractivity (Wildman–Crippen MR) is 69.4 cm³/mol. The van der Waals surface area contributed by atoms with Gasteiger partial charge in [0.25, 0.3) is 0 Å². The van der Waals surface area contributed by atoms with Crippen LogP contribution in [0.25, 0.3) is 0 Å². The number of ether oxygens (including phenoxy) is 2. The summed E-state index contributed by atoms with van der Waals surface area (Å²) in [5, 5.41) is 0. The van der Waals surface area contributed by atoms with Gasteiger partial charge in [-0.15, -0.1) is 11.3 Å². The summed E-state index contributed by atoms with van der Waals surface area (Å²) in [4.78, 5) is 16.0. The van der Waals surface area contributed by atoms with Crippen molar-refractivity contribution in [1.82, 2.24) is 4.98 Å². The van der Waals surface area contributed by atoms with E-state index in [1.807, 2.05) is 6.92 Å². The number of aldehydes is 1. The maximum Gasteiger partial charge on any atom is 0.172 e. The van der Waals surface area contributed by atoms with Crippen LogP contribution in [0.2, 0.25) is 0 Å². The molecule has 0 atom stereocenters. The lowest BCUT2D eigenvalue weighted by Crippen LogP contribution is -2.01. The summed E-state index contributed by atoms with van der Waals surface area (Å²) in [7, 11) is 0. The van der Waals surface area contributed by atoms with Gasteiger partial charge in [-0.3, -0.25) is 9.78 Å². The summed E-state index contributed by atoms with van der Waals surface area (Å²) < 4.78 is 11.1. The fraction of sp³-hybridized carbons (Fsp3) is 0.231. The van der Waals surface area contributed by atoms with Crippen molar-refractivity contribution in [2.45, 2.75) is 13.5 Å². The highest BCUT2D eigenvalue weighted by atomic mass is 32.1. The van der Waals surface area contributed by atoms with E-state index in [4.69, 9.17) is 9.47 Å². The van der Waals surface area contributed by atoms with Crippen molar-refractivity contribution in [3.8, 4) is 11.5 Å². The fourth-order valence-corrected chi connectivity index (χ4v) is 2.01. The Hall–Kier alpha value is -1.88. The minimum atomic E-state index is 0.385. The number of benzene rings is 1. The largest absolute Gasteiger partial charge is 0.490 e. The molecule has 0 unspecified atom stereocenters. The molecule has 5 heteroatoms. The van der Waals surface area contributed by atoms with E-state index in [2.05, 4.69) is 4.98 Å². The molecule has 0 saturated heterocycles. The van der Waals surface area contributed by atoms with Crippen molar-refractivity contribution < 1.29 is 14.3 Å². The average molecular weight is 263 g/mol. The highest BCUT2D eigenvalue weighted by molar-refractivity contribution is 7.09. The third-order valence-electron chi connectivity index (χ3n) is 2.28. The van der Waals surface area contributed by atoms with E-state index in [9.17, 15) is 4.79 Å². The first-order valence-corrected chi connectivity index (χ1v) is 6.44. The maximum atomic E-state index is 11.0. The minimum Gasteiger partial charge on any atom is -0.490 e. The molecule has 4 nitrogen and oxygen atoms in total.